The molecule has 6 heterocycles. The van der Waals surface area contributed by atoms with Crippen LogP contribution in [0.25, 0.3) is 32.9 Å². The predicted octanol–water partition coefficient (Wildman–Crippen LogP) is 4.69. The van der Waals surface area contributed by atoms with Gasteiger partial charge in [-0.1, -0.05) is 12.1 Å². The van der Waals surface area contributed by atoms with E-state index in [-0.39, 0.29) is 52.4 Å². The van der Waals surface area contributed by atoms with Crippen LogP contribution in [-0.4, -0.2) is 101 Å². The third-order valence-corrected chi connectivity index (χ3v) is 9.80. The van der Waals surface area contributed by atoms with Crippen molar-refractivity contribution in [3.63, 3.8) is 0 Å². The van der Waals surface area contributed by atoms with E-state index in [1.54, 1.807) is 6.07 Å². The molecule has 4 aromatic rings. The molecule has 3 atom stereocenters. The minimum Gasteiger partial charge on any atom is -0.508 e. The number of fused-ring (bicyclic) bond motifs is 4. The zero-order chi connectivity index (χ0) is 30.2. The van der Waals surface area contributed by atoms with Gasteiger partial charge >= 0.3 is 6.01 Å². The summed E-state index contributed by atoms with van der Waals surface area (Å²) in [6.45, 7) is 3.93. The van der Waals surface area contributed by atoms with Crippen molar-refractivity contribution in [3.8, 4) is 28.9 Å². The van der Waals surface area contributed by atoms with Crippen LogP contribution in [0, 0.1) is 11.6 Å². The molecule has 3 saturated heterocycles. The van der Waals surface area contributed by atoms with Crippen LogP contribution in [-0.2, 0) is 0 Å². The number of hydrogen-bond donors (Lipinski definition) is 1. The number of halogens is 3. The molecule has 0 saturated carbocycles. The van der Waals surface area contributed by atoms with Crippen LogP contribution >= 0.6 is 0 Å². The zero-order valence-electron chi connectivity index (χ0n) is 24.4. The first kappa shape index (κ1) is 27.6. The Kier molecular flexibility index (Phi) is 6.49. The first-order valence-corrected chi connectivity index (χ1v) is 15.2. The SMILES string of the molecule is CN1CC[C@H]2COc3nc(-c4cc(O)cc5cccc(F)c45)c(F)c4nc(OC[C@@]56CCCN5C[C@H](F)C6)nc(c34)N2CC1. The highest BCUT2D eigenvalue weighted by Gasteiger charge is 2.49. The van der Waals surface area contributed by atoms with Crippen molar-refractivity contribution < 1.29 is 27.8 Å². The molecular weight excluding hydrogens is 573 g/mol. The van der Waals surface area contributed by atoms with E-state index in [9.17, 15) is 9.50 Å². The molecule has 0 aliphatic carbocycles. The second-order valence-corrected chi connectivity index (χ2v) is 12.6. The molecule has 0 amide bonds. The van der Waals surface area contributed by atoms with Crippen molar-refractivity contribution in [2.75, 3.05) is 57.9 Å². The maximum Gasteiger partial charge on any atom is 0.319 e. The summed E-state index contributed by atoms with van der Waals surface area (Å²) in [6, 6.07) is 7.12. The summed E-state index contributed by atoms with van der Waals surface area (Å²) in [7, 11) is 2.06. The Morgan fingerprint density at radius 3 is 2.86 bits per heavy atom. The van der Waals surface area contributed by atoms with Gasteiger partial charge in [0.2, 0.25) is 5.88 Å². The first-order valence-electron chi connectivity index (χ1n) is 15.2. The minimum absolute atomic E-state index is 0.0109. The van der Waals surface area contributed by atoms with Crippen molar-refractivity contribution in [3.05, 3.63) is 42.0 Å². The molecule has 230 valence electrons. The molecule has 44 heavy (non-hydrogen) atoms. The molecule has 0 bridgehead atoms. The van der Waals surface area contributed by atoms with Gasteiger partial charge in [0.1, 0.15) is 53.4 Å². The van der Waals surface area contributed by atoms with E-state index >= 15 is 8.78 Å². The van der Waals surface area contributed by atoms with Gasteiger partial charge in [0.25, 0.3) is 0 Å². The molecule has 0 radical (unpaired) electrons. The maximum atomic E-state index is 16.8. The lowest BCUT2D eigenvalue weighted by molar-refractivity contribution is 0.107. The fourth-order valence-corrected chi connectivity index (χ4v) is 7.58. The third kappa shape index (κ3) is 4.41. The number of pyridine rings is 1. The normalized spacial score (nSPS) is 25.5. The molecule has 8 rings (SSSR count). The van der Waals surface area contributed by atoms with Gasteiger partial charge in [-0.2, -0.15) is 9.97 Å². The van der Waals surface area contributed by atoms with Crippen LogP contribution in [0.15, 0.2) is 30.3 Å². The highest BCUT2D eigenvalue weighted by molar-refractivity contribution is 6.02. The zero-order valence-corrected chi connectivity index (χ0v) is 24.4. The van der Waals surface area contributed by atoms with Crippen molar-refractivity contribution in [2.45, 2.75) is 43.4 Å². The number of benzene rings is 2. The largest absolute Gasteiger partial charge is 0.508 e. The molecule has 9 nitrogen and oxygen atoms in total. The summed E-state index contributed by atoms with van der Waals surface area (Å²) in [4.78, 5) is 20.5. The van der Waals surface area contributed by atoms with Crippen LogP contribution in [0.4, 0.5) is 19.0 Å². The molecule has 3 fully saturated rings. The van der Waals surface area contributed by atoms with Gasteiger partial charge in [-0.15, -0.1) is 0 Å². The molecule has 0 spiro atoms. The summed E-state index contributed by atoms with van der Waals surface area (Å²) in [5.41, 5.74) is -0.608. The fraction of sp³-hybridized carbons (Fsp3) is 0.469. The summed E-state index contributed by atoms with van der Waals surface area (Å²) in [6.07, 6.45) is 2.02. The average Bonchev–Trinajstić information content (AvgIpc) is 3.39. The molecule has 12 heteroatoms. The first-order chi connectivity index (χ1) is 21.3. The maximum absolute atomic E-state index is 16.8. The number of hydrogen-bond acceptors (Lipinski definition) is 9. The highest BCUT2D eigenvalue weighted by atomic mass is 19.1. The van der Waals surface area contributed by atoms with Gasteiger partial charge in [-0.05, 0) is 63.0 Å². The topological polar surface area (TPSA) is 87.1 Å². The number of aromatic nitrogens is 3. The number of anilines is 1. The lowest BCUT2D eigenvalue weighted by atomic mass is 9.95. The minimum atomic E-state index is -0.917. The Hall–Kier alpha value is -3.90. The van der Waals surface area contributed by atoms with Gasteiger partial charge in [-0.3, -0.25) is 4.90 Å². The Morgan fingerprint density at radius 1 is 1.09 bits per heavy atom. The van der Waals surface area contributed by atoms with Crippen LogP contribution in [0.1, 0.15) is 25.7 Å². The van der Waals surface area contributed by atoms with Gasteiger partial charge < -0.3 is 24.4 Å². The smallest absolute Gasteiger partial charge is 0.319 e. The highest BCUT2D eigenvalue weighted by Crippen LogP contribution is 2.44. The molecule has 0 unspecified atom stereocenters. The summed E-state index contributed by atoms with van der Waals surface area (Å²) in [5, 5.41) is 11.4. The number of rotatable bonds is 4. The van der Waals surface area contributed by atoms with Crippen molar-refractivity contribution in [1.29, 1.82) is 0 Å². The Balaban J connectivity index is 1.31. The van der Waals surface area contributed by atoms with Crippen LogP contribution in [0.3, 0.4) is 0 Å². The number of phenolic OH excluding ortho intramolecular Hbond substituents is 1. The molecule has 2 aromatic heterocycles. The monoisotopic (exact) mass is 606 g/mol. The van der Waals surface area contributed by atoms with Crippen LogP contribution < -0.4 is 14.4 Å². The van der Waals surface area contributed by atoms with Crippen LogP contribution in [0.5, 0.6) is 17.6 Å². The van der Waals surface area contributed by atoms with Crippen molar-refractivity contribution in [1.82, 2.24) is 24.8 Å². The van der Waals surface area contributed by atoms with Crippen molar-refractivity contribution >= 4 is 27.5 Å². The molecule has 4 aliphatic heterocycles. The Morgan fingerprint density at radius 2 is 1.98 bits per heavy atom. The molecule has 1 N–H and O–H groups in total. The van der Waals surface area contributed by atoms with Crippen molar-refractivity contribution in [2.24, 2.45) is 0 Å². The van der Waals surface area contributed by atoms with E-state index in [4.69, 9.17) is 14.5 Å². The van der Waals surface area contributed by atoms with E-state index < -0.39 is 23.3 Å². The van der Waals surface area contributed by atoms with Gasteiger partial charge in [0.05, 0.1) is 11.6 Å². The molecule has 4 aliphatic rings. The Labute approximate surface area is 252 Å². The molecule has 2 aromatic carbocycles. The second-order valence-electron chi connectivity index (χ2n) is 12.6. The van der Waals surface area contributed by atoms with E-state index in [1.165, 1.54) is 24.3 Å². The summed E-state index contributed by atoms with van der Waals surface area (Å²) >= 11 is 0. The lowest BCUT2D eigenvalue weighted by Gasteiger charge is -2.31. The number of aromatic hydroxyl groups is 1. The molecular formula is C32H33F3N6O3. The second kappa shape index (κ2) is 10.3. The van der Waals surface area contributed by atoms with Gasteiger partial charge in [0.15, 0.2) is 5.82 Å². The predicted molar refractivity (Wildman–Crippen MR) is 159 cm³/mol. The van der Waals surface area contributed by atoms with E-state index in [2.05, 4.69) is 31.7 Å². The lowest BCUT2D eigenvalue weighted by Crippen LogP contribution is -2.43. The number of alkyl halides is 1. The summed E-state index contributed by atoms with van der Waals surface area (Å²) < 4.78 is 59.0. The number of phenols is 1. The third-order valence-electron chi connectivity index (χ3n) is 9.80. The average molecular weight is 607 g/mol. The number of likely N-dealkylation sites (N-methyl/N-ethyl adjacent to an activating group) is 1. The van der Waals surface area contributed by atoms with Crippen LogP contribution in [0.2, 0.25) is 0 Å². The van der Waals surface area contributed by atoms with E-state index in [1.807, 2.05) is 0 Å². The van der Waals surface area contributed by atoms with E-state index in [0.717, 1.165) is 38.9 Å². The van der Waals surface area contributed by atoms with Gasteiger partial charge in [-0.25, -0.2) is 18.2 Å². The quantitative estimate of drug-likeness (QED) is 0.356. The Bertz CT molecular complexity index is 1790. The van der Waals surface area contributed by atoms with E-state index in [0.29, 0.717) is 42.7 Å². The number of nitrogens with zero attached hydrogens (tertiary/aromatic N) is 6. The van der Waals surface area contributed by atoms with Gasteiger partial charge in [0, 0.05) is 37.0 Å². The summed E-state index contributed by atoms with van der Waals surface area (Å²) in [5.74, 6) is -0.911. The standard InChI is InChI=1S/C32H33F3N6O3/c1-39-9-6-20-16-43-30-25-28(26(35)27(36-30)22-13-21(42)12-18-4-2-5-23(34)24(18)22)37-31(38-29(25)41(20)11-10-39)44-17-32-7-3-8-40(32)15-19(33)14-32/h2,4-5,12-13,19-20,42H,3,6-11,14-17H2,1H3/t19-,20+,32+/m1/s1. The fourth-order valence-electron chi connectivity index (χ4n) is 7.58. The number of ether oxygens (including phenoxy) is 2.